The molecule has 1 aliphatic rings. The molecule has 23 heavy (non-hydrogen) atoms. The fraction of sp³-hybridized carbons (Fsp3) is 0.294. The predicted octanol–water partition coefficient (Wildman–Crippen LogP) is 3.55. The molecule has 0 unspecified atom stereocenters. The third-order valence-corrected chi connectivity index (χ3v) is 4.80. The second-order valence-electron chi connectivity index (χ2n) is 5.23. The highest BCUT2D eigenvalue weighted by molar-refractivity contribution is 7.12. The van der Waals surface area contributed by atoms with Crippen LogP contribution in [0.1, 0.15) is 36.2 Å². The number of hydrogen-bond acceptors (Lipinski definition) is 5. The molecule has 3 rings (SSSR count). The second kappa shape index (κ2) is 6.42. The maximum absolute atomic E-state index is 12.3. The van der Waals surface area contributed by atoms with Crippen molar-refractivity contribution in [3.8, 4) is 11.5 Å². The van der Waals surface area contributed by atoms with Crippen molar-refractivity contribution in [1.29, 1.82) is 0 Å². The number of ether oxygens (including phenoxy) is 1. The number of phenolic OH excluding ortho intramolecular Hbond substituents is 1. The maximum Gasteiger partial charge on any atom is 0.242 e. The first kappa shape index (κ1) is 15.6. The van der Waals surface area contributed by atoms with Crippen molar-refractivity contribution >= 4 is 23.0 Å². The number of amides is 1. The minimum atomic E-state index is -0.311. The number of carbonyl (C=O) groups excluding carboxylic acids is 1. The van der Waals surface area contributed by atoms with Crippen molar-refractivity contribution < 1.29 is 14.6 Å². The molecule has 0 fully saturated rings. The van der Waals surface area contributed by atoms with Crippen LogP contribution in [0.3, 0.4) is 0 Å². The van der Waals surface area contributed by atoms with Gasteiger partial charge in [0.25, 0.3) is 0 Å². The van der Waals surface area contributed by atoms with E-state index in [1.165, 1.54) is 12.1 Å². The van der Waals surface area contributed by atoms with Gasteiger partial charge in [-0.2, -0.15) is 5.10 Å². The molecule has 120 valence electrons. The number of phenols is 1. The summed E-state index contributed by atoms with van der Waals surface area (Å²) >= 11 is 1.59. The molecule has 6 heteroatoms. The number of nitrogens with zero attached hydrogens (tertiary/aromatic N) is 2. The summed E-state index contributed by atoms with van der Waals surface area (Å²) in [5, 5.41) is 18.4. The smallest absolute Gasteiger partial charge is 0.242 e. The van der Waals surface area contributed by atoms with E-state index in [0.717, 1.165) is 10.6 Å². The van der Waals surface area contributed by atoms with Crippen LogP contribution in [-0.4, -0.2) is 28.8 Å². The minimum Gasteiger partial charge on any atom is -0.504 e. The monoisotopic (exact) mass is 330 g/mol. The van der Waals surface area contributed by atoms with E-state index in [-0.39, 0.29) is 17.7 Å². The zero-order valence-corrected chi connectivity index (χ0v) is 13.8. The fourth-order valence-corrected chi connectivity index (χ4v) is 3.43. The van der Waals surface area contributed by atoms with Crippen LogP contribution in [0, 0.1) is 0 Å². The van der Waals surface area contributed by atoms with Gasteiger partial charge in [-0.1, -0.05) is 25.1 Å². The lowest BCUT2D eigenvalue weighted by Gasteiger charge is -2.22. The Bertz CT molecular complexity index is 740. The Morgan fingerprint density at radius 2 is 2.26 bits per heavy atom. The molecule has 1 N–H and O–H groups in total. The highest BCUT2D eigenvalue weighted by Gasteiger charge is 2.34. The van der Waals surface area contributed by atoms with E-state index in [1.54, 1.807) is 17.4 Å². The average molecular weight is 330 g/mol. The molecule has 0 spiro atoms. The molecule has 1 amide bonds. The SMILES string of the molecule is CCC(=O)N1N=C(c2cccs2)C[C@H]1c1cccc(OC)c1O. The van der Waals surface area contributed by atoms with E-state index in [0.29, 0.717) is 24.2 Å². The lowest BCUT2D eigenvalue weighted by Crippen LogP contribution is -2.26. The van der Waals surface area contributed by atoms with E-state index in [1.807, 2.05) is 36.6 Å². The highest BCUT2D eigenvalue weighted by atomic mass is 32.1. The van der Waals surface area contributed by atoms with Crippen molar-refractivity contribution in [2.24, 2.45) is 5.10 Å². The van der Waals surface area contributed by atoms with E-state index in [4.69, 9.17) is 4.74 Å². The molecule has 1 aromatic carbocycles. The number of carbonyl (C=O) groups is 1. The van der Waals surface area contributed by atoms with Gasteiger partial charge < -0.3 is 9.84 Å². The first-order valence-corrected chi connectivity index (χ1v) is 8.33. The van der Waals surface area contributed by atoms with Crippen molar-refractivity contribution in [3.05, 3.63) is 46.2 Å². The molecule has 0 bridgehead atoms. The van der Waals surface area contributed by atoms with Crippen LogP contribution in [-0.2, 0) is 4.79 Å². The first-order valence-electron chi connectivity index (χ1n) is 7.45. The fourth-order valence-electron chi connectivity index (χ4n) is 2.71. The molecule has 0 saturated carbocycles. The predicted molar refractivity (Wildman–Crippen MR) is 90.0 cm³/mol. The minimum absolute atomic E-state index is 0.0659. The van der Waals surface area contributed by atoms with Crippen molar-refractivity contribution in [3.63, 3.8) is 0 Å². The van der Waals surface area contributed by atoms with Crippen LogP contribution in [0.25, 0.3) is 0 Å². The van der Waals surface area contributed by atoms with Gasteiger partial charge in [0.1, 0.15) is 0 Å². The number of benzene rings is 1. The highest BCUT2D eigenvalue weighted by Crippen LogP contribution is 2.41. The van der Waals surface area contributed by atoms with Gasteiger partial charge in [0.05, 0.1) is 23.7 Å². The number of rotatable bonds is 4. The molecule has 2 aromatic rings. The average Bonchev–Trinajstić information content (AvgIpc) is 3.23. The first-order chi connectivity index (χ1) is 11.2. The maximum atomic E-state index is 12.3. The summed E-state index contributed by atoms with van der Waals surface area (Å²) in [7, 11) is 1.51. The number of hydrogen-bond donors (Lipinski definition) is 1. The molecule has 1 atom stereocenters. The summed E-state index contributed by atoms with van der Waals surface area (Å²) in [4.78, 5) is 13.3. The largest absolute Gasteiger partial charge is 0.504 e. The molecule has 1 aliphatic heterocycles. The van der Waals surface area contributed by atoms with Crippen LogP contribution in [0.4, 0.5) is 0 Å². The molecular weight excluding hydrogens is 312 g/mol. The second-order valence-corrected chi connectivity index (χ2v) is 6.18. The van der Waals surface area contributed by atoms with Crippen molar-refractivity contribution in [1.82, 2.24) is 5.01 Å². The molecule has 0 saturated heterocycles. The summed E-state index contributed by atoms with van der Waals surface area (Å²) in [6, 6.07) is 8.96. The van der Waals surface area contributed by atoms with Crippen molar-refractivity contribution in [2.45, 2.75) is 25.8 Å². The number of hydrazone groups is 1. The summed E-state index contributed by atoms with van der Waals surface area (Å²) < 4.78 is 5.18. The van der Waals surface area contributed by atoms with E-state index < -0.39 is 0 Å². The van der Waals surface area contributed by atoms with Crippen LogP contribution < -0.4 is 4.74 Å². The van der Waals surface area contributed by atoms with Gasteiger partial charge in [-0.3, -0.25) is 4.79 Å². The summed E-state index contributed by atoms with van der Waals surface area (Å²) in [5.74, 6) is 0.399. The van der Waals surface area contributed by atoms with E-state index in [9.17, 15) is 9.90 Å². The van der Waals surface area contributed by atoms with Gasteiger partial charge in [0, 0.05) is 18.4 Å². The van der Waals surface area contributed by atoms with Crippen LogP contribution in [0.2, 0.25) is 0 Å². The zero-order valence-electron chi connectivity index (χ0n) is 13.0. The molecule has 1 aromatic heterocycles. The van der Waals surface area contributed by atoms with Gasteiger partial charge in [-0.15, -0.1) is 11.3 Å². The zero-order chi connectivity index (χ0) is 16.4. The van der Waals surface area contributed by atoms with E-state index in [2.05, 4.69) is 5.10 Å². The standard InChI is InChI=1S/C17H18N2O3S/c1-3-16(20)19-13(10-12(18-19)15-8-5-9-23-15)11-6-4-7-14(22-2)17(11)21/h4-9,13,21H,3,10H2,1-2H3/t13-/m0/s1. The third kappa shape index (κ3) is 2.82. The van der Waals surface area contributed by atoms with Gasteiger partial charge in [0.2, 0.25) is 5.91 Å². The van der Waals surface area contributed by atoms with Crippen molar-refractivity contribution in [2.75, 3.05) is 7.11 Å². The third-order valence-electron chi connectivity index (χ3n) is 3.88. The lowest BCUT2D eigenvalue weighted by molar-refractivity contribution is -0.132. The molecular formula is C17H18N2O3S. The number of aromatic hydroxyl groups is 1. The summed E-state index contributed by atoms with van der Waals surface area (Å²) in [6.07, 6.45) is 0.940. The number of thiophene rings is 1. The molecule has 0 radical (unpaired) electrons. The Hall–Kier alpha value is -2.34. The summed E-state index contributed by atoms with van der Waals surface area (Å²) in [5.41, 5.74) is 1.52. The van der Waals surface area contributed by atoms with Gasteiger partial charge in [-0.05, 0) is 17.5 Å². The van der Waals surface area contributed by atoms with Crippen LogP contribution in [0.5, 0.6) is 11.5 Å². The van der Waals surface area contributed by atoms with Crippen LogP contribution >= 0.6 is 11.3 Å². The number of para-hydroxylation sites is 1. The van der Waals surface area contributed by atoms with Gasteiger partial charge in [-0.25, -0.2) is 5.01 Å². The van der Waals surface area contributed by atoms with Crippen LogP contribution in [0.15, 0.2) is 40.8 Å². The Kier molecular flexibility index (Phi) is 4.34. The van der Waals surface area contributed by atoms with Gasteiger partial charge >= 0.3 is 0 Å². The Labute approximate surface area is 138 Å². The molecule has 0 aliphatic carbocycles. The Balaban J connectivity index is 2.00. The Morgan fingerprint density at radius 1 is 1.43 bits per heavy atom. The normalized spacial score (nSPS) is 17.2. The molecule has 2 heterocycles. The quantitative estimate of drug-likeness (QED) is 0.932. The van der Waals surface area contributed by atoms with E-state index >= 15 is 0 Å². The topological polar surface area (TPSA) is 62.1 Å². The summed E-state index contributed by atoms with van der Waals surface area (Å²) in [6.45, 7) is 1.81. The molecule has 5 nitrogen and oxygen atoms in total. The Morgan fingerprint density at radius 3 is 2.91 bits per heavy atom. The van der Waals surface area contributed by atoms with Gasteiger partial charge in [0.15, 0.2) is 11.5 Å². The lowest BCUT2D eigenvalue weighted by atomic mass is 9.99. The number of methoxy groups -OCH3 is 1.